The summed E-state index contributed by atoms with van der Waals surface area (Å²) < 4.78 is 6.95. The van der Waals surface area contributed by atoms with E-state index in [0.717, 1.165) is 0 Å². The number of aromatic hydroxyl groups is 2. The smallest absolute Gasteiger partial charge is 0.115 e. The van der Waals surface area contributed by atoms with Gasteiger partial charge in [-0.3, -0.25) is 0 Å². The third kappa shape index (κ3) is 0.904. The molecule has 42 valence electrons. The number of rotatable bonds is 0. The fraction of sp³-hybridized carbons (Fsp3) is 0. The van der Waals surface area contributed by atoms with Gasteiger partial charge in [-0.1, -0.05) is 0 Å². The lowest BCUT2D eigenvalue weighted by atomic mass is 10.3. The van der Waals surface area contributed by atoms with E-state index in [2.05, 4.69) is 0 Å². The lowest BCUT2D eigenvalue weighted by Gasteiger charge is -1.88. The lowest BCUT2D eigenvalue weighted by Crippen LogP contribution is -1.61. The van der Waals surface area contributed by atoms with E-state index in [0.29, 0.717) is 0 Å². The molecule has 1 aromatic rings. The van der Waals surface area contributed by atoms with E-state index < -0.39 is 0 Å². The highest BCUT2D eigenvalue weighted by Gasteiger charge is 1.84. The van der Waals surface area contributed by atoms with Crippen molar-refractivity contribution in [1.82, 2.24) is 0 Å². The number of hydrogen-bond donors (Lipinski definition) is 2. The maximum Gasteiger partial charge on any atom is 0.115 e. The van der Waals surface area contributed by atoms with Crippen molar-refractivity contribution in [2.24, 2.45) is 0 Å². The predicted octanol–water partition coefficient (Wildman–Crippen LogP) is 1.10. The van der Waals surface area contributed by atoms with Gasteiger partial charge in [-0.15, -0.1) is 0 Å². The molecule has 2 N–H and O–H groups in total. The Kier molecular flexibility index (Phi) is 0.821. The molecule has 0 spiro atoms. The Morgan fingerprint density at radius 1 is 1.12 bits per heavy atom. The Bertz CT molecular complexity index is 222. The highest BCUT2D eigenvalue weighted by Crippen LogP contribution is 2.13. The normalized spacial score (nSPS) is 10.8. The molecule has 0 radical (unpaired) electrons. The molecule has 0 saturated carbocycles. The van der Waals surface area contributed by atoms with Crippen LogP contribution in [0.1, 0.15) is 1.37 Å². The van der Waals surface area contributed by atoms with Crippen molar-refractivity contribution in [1.29, 1.82) is 0 Å². The van der Waals surface area contributed by atoms with Crippen molar-refractivity contribution in [2.75, 3.05) is 0 Å². The molecule has 2 heteroatoms. The topological polar surface area (TPSA) is 40.5 Å². The Labute approximate surface area is 48.4 Å². The average molecular weight is 110 g/mol. The van der Waals surface area contributed by atoms with Gasteiger partial charge in [-0.2, -0.15) is 0 Å². The Morgan fingerprint density at radius 3 is 2.25 bits per heavy atom. The summed E-state index contributed by atoms with van der Waals surface area (Å²) in [7, 11) is 0. The largest absolute Gasteiger partial charge is 0.508 e. The van der Waals surface area contributed by atoms with Crippen LogP contribution in [0.4, 0.5) is 0 Å². The minimum absolute atomic E-state index is 0.00204. The first-order valence-corrected chi connectivity index (χ1v) is 2.19. The molecular formula is C6H6O2. The summed E-state index contributed by atoms with van der Waals surface area (Å²) >= 11 is 0. The van der Waals surface area contributed by atoms with Gasteiger partial charge in [0.2, 0.25) is 0 Å². The quantitative estimate of drug-likeness (QED) is 0.491. The van der Waals surface area contributed by atoms with Gasteiger partial charge in [0.25, 0.3) is 0 Å². The molecule has 2 nitrogen and oxygen atoms in total. The standard InChI is InChI=1S/C6H6O2/c7-5-1-2-6(8)4-3-5/h1-4,7-8H/i1H. The van der Waals surface area contributed by atoms with Gasteiger partial charge in [0.05, 0.1) is 1.37 Å². The van der Waals surface area contributed by atoms with Crippen LogP contribution in [0.2, 0.25) is 0 Å². The van der Waals surface area contributed by atoms with Crippen molar-refractivity contribution in [3.63, 3.8) is 0 Å². The summed E-state index contributed by atoms with van der Waals surface area (Å²) in [5.41, 5.74) is 0. The zero-order valence-corrected chi connectivity index (χ0v) is 4.13. The van der Waals surface area contributed by atoms with Crippen LogP contribution in [0.25, 0.3) is 0 Å². The molecule has 0 bridgehead atoms. The van der Waals surface area contributed by atoms with Gasteiger partial charge >= 0.3 is 0 Å². The molecule has 8 heavy (non-hydrogen) atoms. The molecule has 1 rings (SSSR count). The molecule has 0 aliphatic heterocycles. The Morgan fingerprint density at radius 2 is 1.75 bits per heavy atom. The van der Waals surface area contributed by atoms with E-state index in [1.807, 2.05) is 0 Å². The molecule has 0 unspecified atom stereocenters. The molecule has 0 atom stereocenters. The van der Waals surface area contributed by atoms with E-state index in [1.165, 1.54) is 18.2 Å². The minimum Gasteiger partial charge on any atom is -0.508 e. The Balaban J connectivity index is 3.17. The summed E-state index contributed by atoms with van der Waals surface area (Å²) in [5.74, 6) is -0.120. The second-order valence-electron chi connectivity index (χ2n) is 1.43. The van der Waals surface area contributed by atoms with E-state index in [9.17, 15) is 0 Å². The SMILES string of the molecule is [1H]c1cc(O)ccc1O. The lowest BCUT2D eigenvalue weighted by molar-refractivity contribution is 0.460. The van der Waals surface area contributed by atoms with Crippen LogP contribution in [0.15, 0.2) is 24.2 Å². The van der Waals surface area contributed by atoms with Gasteiger partial charge < -0.3 is 10.2 Å². The second-order valence-corrected chi connectivity index (χ2v) is 1.43. The first-order valence-electron chi connectivity index (χ1n) is 2.69. The van der Waals surface area contributed by atoms with Crippen LogP contribution >= 0.6 is 0 Å². The maximum atomic E-state index is 8.75. The number of hydrogen-bond acceptors (Lipinski definition) is 2. The fourth-order valence-electron chi connectivity index (χ4n) is 0.408. The second kappa shape index (κ2) is 1.74. The van der Waals surface area contributed by atoms with E-state index >= 15 is 0 Å². The minimum atomic E-state index is -0.118. The van der Waals surface area contributed by atoms with Gasteiger partial charge in [0, 0.05) is 0 Å². The van der Waals surface area contributed by atoms with Gasteiger partial charge in [0.1, 0.15) is 11.5 Å². The summed E-state index contributed by atoms with van der Waals surface area (Å²) in [4.78, 5) is 0. The summed E-state index contributed by atoms with van der Waals surface area (Å²) in [6.07, 6.45) is 0. The molecule has 0 aliphatic rings. The van der Waals surface area contributed by atoms with E-state index in [-0.39, 0.29) is 17.5 Å². The van der Waals surface area contributed by atoms with Crippen LogP contribution in [0, 0.1) is 0 Å². The third-order valence-corrected chi connectivity index (χ3v) is 0.780. The Hall–Kier alpha value is -1.18. The first kappa shape index (κ1) is 3.78. The van der Waals surface area contributed by atoms with Crippen molar-refractivity contribution in [2.45, 2.75) is 0 Å². The van der Waals surface area contributed by atoms with Crippen LogP contribution in [-0.4, -0.2) is 10.2 Å². The zero-order valence-electron chi connectivity index (χ0n) is 5.13. The van der Waals surface area contributed by atoms with Crippen LogP contribution < -0.4 is 0 Å². The molecule has 0 fully saturated rings. The predicted molar refractivity (Wildman–Crippen MR) is 29.8 cm³/mol. The van der Waals surface area contributed by atoms with Crippen molar-refractivity contribution in [3.8, 4) is 11.5 Å². The fourth-order valence-corrected chi connectivity index (χ4v) is 0.408. The number of benzene rings is 1. The highest BCUT2D eigenvalue weighted by atomic mass is 16.3. The molecule has 0 aliphatic carbocycles. The van der Waals surface area contributed by atoms with Crippen LogP contribution in [0.5, 0.6) is 11.5 Å². The summed E-state index contributed by atoms with van der Waals surface area (Å²) in [6, 6.07) is 3.72. The zero-order chi connectivity index (χ0) is 6.85. The first-order chi connectivity index (χ1) is 4.20. The van der Waals surface area contributed by atoms with Crippen LogP contribution in [0.3, 0.4) is 0 Å². The van der Waals surface area contributed by atoms with E-state index in [4.69, 9.17) is 11.6 Å². The maximum absolute atomic E-state index is 8.75. The number of phenols is 2. The number of phenolic OH excluding ortho intramolecular Hbond substituents is 2. The van der Waals surface area contributed by atoms with Crippen molar-refractivity contribution >= 4 is 0 Å². The van der Waals surface area contributed by atoms with E-state index in [1.54, 1.807) is 0 Å². The molecule has 1 aromatic carbocycles. The van der Waals surface area contributed by atoms with Gasteiger partial charge in [-0.05, 0) is 24.2 Å². The van der Waals surface area contributed by atoms with Gasteiger partial charge in [0.15, 0.2) is 0 Å². The van der Waals surface area contributed by atoms with Gasteiger partial charge in [-0.25, -0.2) is 0 Å². The summed E-state index contributed by atoms with van der Waals surface area (Å²) in [5, 5.41) is 17.5. The van der Waals surface area contributed by atoms with Crippen LogP contribution in [-0.2, 0) is 0 Å². The summed E-state index contributed by atoms with van der Waals surface area (Å²) in [6.45, 7) is 0. The monoisotopic (exact) mass is 110 g/mol. The molecule has 0 amide bonds. The third-order valence-electron chi connectivity index (χ3n) is 0.780. The molecule has 0 aromatic heterocycles. The molecule has 0 heterocycles. The molecular weight excluding hydrogens is 104 g/mol. The highest BCUT2D eigenvalue weighted by molar-refractivity contribution is 5.28. The average Bonchev–Trinajstić information content (AvgIpc) is 1.80. The van der Waals surface area contributed by atoms with Crippen molar-refractivity contribution in [3.05, 3.63) is 24.2 Å². The molecule has 0 saturated heterocycles. The van der Waals surface area contributed by atoms with Crippen molar-refractivity contribution < 1.29 is 11.6 Å².